The van der Waals surface area contributed by atoms with Crippen molar-refractivity contribution in [2.45, 2.75) is 53.4 Å². The second-order valence-electron chi connectivity index (χ2n) is 9.70. The average Bonchev–Trinajstić information content (AvgIpc) is 3.21. The van der Waals surface area contributed by atoms with Crippen LogP contribution in [-0.2, 0) is 38.2 Å². The summed E-state index contributed by atoms with van der Waals surface area (Å²) in [6, 6.07) is 0. The van der Waals surface area contributed by atoms with E-state index < -0.39 is 0 Å². The topological polar surface area (TPSA) is 168 Å². The van der Waals surface area contributed by atoms with Gasteiger partial charge in [-0.2, -0.15) is 0 Å². The van der Waals surface area contributed by atoms with E-state index in [-0.39, 0.29) is 28.1 Å². The van der Waals surface area contributed by atoms with Crippen LogP contribution in [0.1, 0.15) is 53.4 Å². The lowest BCUT2D eigenvalue weighted by atomic mass is 9.78. The van der Waals surface area contributed by atoms with E-state index in [1.165, 1.54) is 17.1 Å². The maximum atomic E-state index is 11.7. The molecule has 0 saturated carbocycles. The Morgan fingerprint density at radius 1 is 0.868 bits per heavy atom. The predicted octanol–water partition coefficient (Wildman–Crippen LogP) is 1.97. The Bertz CT molecular complexity index is 641. The minimum Gasteiger partial charge on any atom is -0.412 e. The average molecular weight is 547 g/mol. The lowest BCUT2D eigenvalue weighted by Crippen LogP contribution is -2.33. The number of nitrogens with one attached hydrogen (secondary N) is 1. The van der Waals surface area contributed by atoms with Crippen LogP contribution in [0, 0.1) is 16.7 Å². The van der Waals surface area contributed by atoms with Gasteiger partial charge in [0.15, 0.2) is 0 Å². The maximum Gasteiger partial charge on any atom is 0.253 e. The fourth-order valence-electron chi connectivity index (χ4n) is 3.84. The van der Waals surface area contributed by atoms with Crippen molar-refractivity contribution in [1.82, 2.24) is 10.2 Å². The van der Waals surface area contributed by atoms with Gasteiger partial charge < -0.3 is 39.4 Å². The summed E-state index contributed by atoms with van der Waals surface area (Å²) in [5.74, 6) is -0.0329. The molecule has 0 aromatic rings. The van der Waals surface area contributed by atoms with Gasteiger partial charge >= 0.3 is 0 Å². The summed E-state index contributed by atoms with van der Waals surface area (Å²) in [6.07, 6.45) is 6.38. The monoisotopic (exact) mass is 546 g/mol. The molecule has 3 N–H and O–H groups in total. The zero-order chi connectivity index (χ0) is 30.1. The van der Waals surface area contributed by atoms with E-state index in [9.17, 15) is 9.59 Å². The fraction of sp³-hybridized carbons (Fsp3) is 0.630. The van der Waals surface area contributed by atoms with E-state index in [4.69, 9.17) is 28.7 Å². The number of hydrogen-bond donors (Lipinski definition) is 1. The summed E-state index contributed by atoms with van der Waals surface area (Å²) in [5, 5.41) is 3.43. The van der Waals surface area contributed by atoms with E-state index in [1.807, 2.05) is 27.2 Å². The fourth-order valence-corrected chi connectivity index (χ4v) is 3.84. The minimum absolute atomic E-state index is 0. The number of carbonyl (C=O) groups excluding carboxylic acids is 6. The van der Waals surface area contributed by atoms with Crippen molar-refractivity contribution in [3.63, 3.8) is 0 Å². The van der Waals surface area contributed by atoms with Gasteiger partial charge in [-0.1, -0.05) is 34.3 Å². The molecule has 1 unspecified atom stereocenters. The third kappa shape index (κ3) is 22.2. The van der Waals surface area contributed by atoms with Crippen molar-refractivity contribution in [3.05, 3.63) is 24.4 Å². The van der Waals surface area contributed by atoms with Gasteiger partial charge in [0.25, 0.3) is 11.8 Å². The maximum absolute atomic E-state index is 11.7. The van der Waals surface area contributed by atoms with Crippen molar-refractivity contribution in [2.24, 2.45) is 16.7 Å². The first-order valence-electron chi connectivity index (χ1n) is 11.6. The Labute approximate surface area is 228 Å². The molecule has 222 valence electrons. The smallest absolute Gasteiger partial charge is 0.253 e. The molecular weight excluding hydrogens is 496 g/mol. The minimum atomic E-state index is -0.248. The molecule has 2 amide bonds. The molecular formula is C27H50N2O9. The van der Waals surface area contributed by atoms with Crippen molar-refractivity contribution in [3.8, 4) is 0 Å². The summed E-state index contributed by atoms with van der Waals surface area (Å²) < 4.78 is 10.8. The van der Waals surface area contributed by atoms with Gasteiger partial charge in [-0.25, -0.2) is 0 Å². The van der Waals surface area contributed by atoms with Crippen LogP contribution in [0.3, 0.4) is 0 Å². The van der Waals surface area contributed by atoms with Crippen molar-refractivity contribution in [2.75, 3.05) is 40.5 Å². The molecule has 1 aliphatic heterocycles. The van der Waals surface area contributed by atoms with Gasteiger partial charge in [0.05, 0.1) is 13.2 Å². The number of carbonyl (C=O) groups is 6. The summed E-state index contributed by atoms with van der Waals surface area (Å²) in [4.78, 5) is 56.6. The molecule has 0 spiro atoms. The van der Waals surface area contributed by atoms with Crippen molar-refractivity contribution >= 4 is 39.0 Å². The zero-order valence-electron chi connectivity index (χ0n) is 24.1. The summed E-state index contributed by atoms with van der Waals surface area (Å²) in [7, 11) is 3.49. The molecule has 11 heteroatoms. The normalized spacial score (nSPS) is 12.5. The van der Waals surface area contributed by atoms with Crippen LogP contribution in [0.15, 0.2) is 24.4 Å². The van der Waals surface area contributed by atoms with Gasteiger partial charge in [0.2, 0.25) is 0 Å². The summed E-state index contributed by atoms with van der Waals surface area (Å²) in [6.45, 7) is 23.7. The Morgan fingerprint density at radius 3 is 1.71 bits per heavy atom. The van der Waals surface area contributed by atoms with Crippen LogP contribution in [0.5, 0.6) is 0 Å². The SMILES string of the molecule is C=C(CCN1C(=O)C=CC1=O)NCC(CCC(C)(C)COC)CC(C)(C)COC.C=O.C=O.C=O.C=O.O. The second kappa shape index (κ2) is 27.0. The number of methoxy groups -OCH3 is 2. The van der Waals surface area contributed by atoms with E-state index >= 15 is 0 Å². The third-order valence-electron chi connectivity index (χ3n) is 5.32. The Hall–Kier alpha value is -3.02. The molecule has 0 aromatic heterocycles. The van der Waals surface area contributed by atoms with Gasteiger partial charge in [0, 0.05) is 51.6 Å². The Morgan fingerprint density at radius 2 is 1.29 bits per heavy atom. The van der Waals surface area contributed by atoms with E-state index in [0.717, 1.165) is 44.7 Å². The number of rotatable bonds is 15. The number of imide groups is 1. The molecule has 1 rings (SSSR count). The highest BCUT2D eigenvalue weighted by Gasteiger charge is 2.27. The molecule has 0 saturated heterocycles. The summed E-state index contributed by atoms with van der Waals surface area (Å²) >= 11 is 0. The first-order chi connectivity index (χ1) is 17.5. The second-order valence-corrected chi connectivity index (χ2v) is 9.70. The highest BCUT2D eigenvalue weighted by molar-refractivity contribution is 6.12. The molecule has 0 aliphatic carbocycles. The van der Waals surface area contributed by atoms with E-state index in [0.29, 0.717) is 18.9 Å². The summed E-state index contributed by atoms with van der Waals surface area (Å²) in [5.41, 5.74) is 1.08. The molecule has 38 heavy (non-hydrogen) atoms. The third-order valence-corrected chi connectivity index (χ3v) is 5.32. The molecule has 1 atom stereocenters. The number of hydrogen-bond acceptors (Lipinski definition) is 9. The zero-order valence-corrected chi connectivity index (χ0v) is 24.1. The predicted molar refractivity (Wildman–Crippen MR) is 148 cm³/mol. The lowest BCUT2D eigenvalue weighted by molar-refractivity contribution is -0.136. The van der Waals surface area contributed by atoms with E-state index in [1.54, 1.807) is 14.2 Å². The van der Waals surface area contributed by atoms with Crippen molar-refractivity contribution < 1.29 is 43.7 Å². The Balaban J connectivity index is -0.000000367. The van der Waals surface area contributed by atoms with Crippen LogP contribution in [-0.4, -0.2) is 89.9 Å². The van der Waals surface area contributed by atoms with Crippen LogP contribution in [0.25, 0.3) is 0 Å². The Kier molecular flexibility index (Phi) is 32.0. The molecule has 0 aromatic carbocycles. The highest BCUT2D eigenvalue weighted by Crippen LogP contribution is 2.32. The molecule has 1 aliphatic rings. The molecule has 0 fully saturated rings. The van der Waals surface area contributed by atoms with Crippen LogP contribution >= 0.6 is 0 Å². The van der Waals surface area contributed by atoms with Gasteiger partial charge in [-0.05, 0) is 36.0 Å². The van der Waals surface area contributed by atoms with Crippen LogP contribution in [0.2, 0.25) is 0 Å². The van der Waals surface area contributed by atoms with Crippen molar-refractivity contribution in [1.29, 1.82) is 0 Å². The van der Waals surface area contributed by atoms with Crippen LogP contribution in [0.4, 0.5) is 0 Å². The molecule has 0 radical (unpaired) electrons. The highest BCUT2D eigenvalue weighted by atomic mass is 16.5. The van der Waals surface area contributed by atoms with Gasteiger partial charge in [0.1, 0.15) is 27.2 Å². The molecule has 1 heterocycles. The first-order valence-corrected chi connectivity index (χ1v) is 11.6. The number of amides is 2. The van der Waals surface area contributed by atoms with Crippen LogP contribution < -0.4 is 5.32 Å². The lowest BCUT2D eigenvalue weighted by Gasteiger charge is -2.32. The van der Waals surface area contributed by atoms with Gasteiger partial charge in [-0.3, -0.25) is 14.5 Å². The standard InChI is InChI=1S/C23H40N2O4.4CH2O.H2O/c1-18(11-13-25-20(26)8-9-21(25)27)24-15-19(14-23(4,5)17-29-7)10-12-22(2,3)16-28-6;4*1-2;/h8-9,19,24H,1,10-17H2,2-7H3;4*1H2;1H2. The molecule has 11 nitrogen and oxygen atoms in total. The van der Waals surface area contributed by atoms with E-state index in [2.05, 4.69) is 39.6 Å². The largest absolute Gasteiger partial charge is 0.412 e. The number of ether oxygens (including phenoxy) is 2. The number of nitrogens with zero attached hydrogens (tertiary/aromatic N) is 1. The first kappa shape index (κ1) is 44.9. The van der Waals surface area contributed by atoms with Gasteiger partial charge in [-0.15, -0.1) is 0 Å². The quantitative estimate of drug-likeness (QED) is 0.302. The molecule has 0 bridgehead atoms.